The van der Waals surface area contributed by atoms with Crippen molar-refractivity contribution in [1.82, 2.24) is 9.97 Å². The zero-order valence-corrected chi connectivity index (χ0v) is 9.35. The predicted molar refractivity (Wildman–Crippen MR) is 61.1 cm³/mol. The van der Waals surface area contributed by atoms with Gasteiger partial charge in [0, 0.05) is 23.9 Å². The number of nitrogens with zero attached hydrogens (tertiary/aromatic N) is 2. The normalized spacial score (nSPS) is 10.3. The molecule has 1 aromatic heterocycles. The first-order chi connectivity index (χ1) is 8.20. The largest absolute Gasteiger partial charge is 0.438 e. The van der Waals surface area contributed by atoms with Gasteiger partial charge in [-0.2, -0.15) is 0 Å². The molecule has 0 amide bonds. The number of hydrogen-bond acceptors (Lipinski definition) is 4. The van der Waals surface area contributed by atoms with E-state index in [1.165, 1.54) is 12.4 Å². The minimum atomic E-state index is -0.379. The highest BCUT2D eigenvalue weighted by atomic mass is 19.1. The van der Waals surface area contributed by atoms with Crippen LogP contribution in [0.25, 0.3) is 0 Å². The van der Waals surface area contributed by atoms with Crippen molar-refractivity contribution >= 4 is 0 Å². The van der Waals surface area contributed by atoms with Gasteiger partial charge in [0.15, 0.2) is 0 Å². The van der Waals surface area contributed by atoms with Gasteiger partial charge in [-0.05, 0) is 19.1 Å². The van der Waals surface area contributed by atoms with E-state index in [-0.39, 0.29) is 12.4 Å². The number of aryl methyl sites for hydroxylation is 1. The molecule has 4 nitrogen and oxygen atoms in total. The van der Waals surface area contributed by atoms with Crippen molar-refractivity contribution in [2.45, 2.75) is 13.5 Å². The molecular formula is C12H12FN3O. The van der Waals surface area contributed by atoms with E-state index in [4.69, 9.17) is 10.5 Å². The van der Waals surface area contributed by atoms with Crippen LogP contribution in [0.5, 0.6) is 11.6 Å². The van der Waals surface area contributed by atoms with E-state index in [0.717, 1.165) is 5.69 Å². The second-order valence-corrected chi connectivity index (χ2v) is 3.52. The summed E-state index contributed by atoms with van der Waals surface area (Å²) in [5.74, 6) is 0.374. The summed E-state index contributed by atoms with van der Waals surface area (Å²) in [6.45, 7) is 1.90. The number of halogens is 1. The Morgan fingerprint density at radius 3 is 2.88 bits per heavy atom. The molecule has 0 aliphatic heterocycles. The lowest BCUT2D eigenvalue weighted by Crippen LogP contribution is -2.03. The first-order valence-corrected chi connectivity index (χ1v) is 5.14. The van der Waals surface area contributed by atoms with E-state index >= 15 is 0 Å². The Hall–Kier alpha value is -2.01. The summed E-state index contributed by atoms with van der Waals surface area (Å²) in [5.41, 5.74) is 6.60. The van der Waals surface area contributed by atoms with Crippen LogP contribution in [0.15, 0.2) is 30.6 Å². The molecule has 0 saturated carbocycles. The predicted octanol–water partition coefficient (Wildman–Crippen LogP) is 2.18. The third-order valence-corrected chi connectivity index (χ3v) is 2.27. The maximum Gasteiger partial charge on any atom is 0.222 e. The van der Waals surface area contributed by atoms with Gasteiger partial charge in [0.2, 0.25) is 5.88 Å². The Morgan fingerprint density at radius 2 is 2.18 bits per heavy atom. The summed E-state index contributed by atoms with van der Waals surface area (Å²) in [5, 5.41) is 0. The van der Waals surface area contributed by atoms with Crippen LogP contribution >= 0.6 is 0 Å². The molecule has 88 valence electrons. The van der Waals surface area contributed by atoms with Crippen molar-refractivity contribution < 1.29 is 9.13 Å². The van der Waals surface area contributed by atoms with E-state index in [2.05, 4.69) is 9.97 Å². The number of nitrogens with two attached hydrogens (primary N) is 1. The van der Waals surface area contributed by atoms with Gasteiger partial charge in [-0.3, -0.25) is 0 Å². The number of benzene rings is 1. The molecule has 0 atom stereocenters. The van der Waals surface area contributed by atoms with Crippen molar-refractivity contribution in [1.29, 1.82) is 0 Å². The fourth-order valence-electron chi connectivity index (χ4n) is 1.43. The molecule has 2 N–H and O–H groups in total. The molecule has 0 aliphatic rings. The van der Waals surface area contributed by atoms with Crippen LogP contribution in [0.1, 0.15) is 11.3 Å². The molecular weight excluding hydrogens is 221 g/mol. The Balaban J connectivity index is 2.33. The van der Waals surface area contributed by atoms with Crippen LogP contribution < -0.4 is 10.5 Å². The second kappa shape index (κ2) is 4.88. The maximum absolute atomic E-state index is 13.4. The molecule has 5 heteroatoms. The number of aromatic nitrogens is 2. The molecule has 0 aliphatic carbocycles. The second-order valence-electron chi connectivity index (χ2n) is 3.52. The van der Waals surface area contributed by atoms with Crippen LogP contribution in [0.2, 0.25) is 0 Å². The fourth-order valence-corrected chi connectivity index (χ4v) is 1.43. The Kier molecular flexibility index (Phi) is 3.30. The van der Waals surface area contributed by atoms with Crippen molar-refractivity contribution in [3.05, 3.63) is 47.7 Å². The van der Waals surface area contributed by atoms with Crippen LogP contribution in [-0.4, -0.2) is 9.97 Å². The fraction of sp³-hybridized carbons (Fsp3) is 0.167. The summed E-state index contributed by atoms with van der Waals surface area (Å²) in [4.78, 5) is 7.90. The van der Waals surface area contributed by atoms with Gasteiger partial charge in [-0.1, -0.05) is 6.07 Å². The molecule has 0 saturated heterocycles. The lowest BCUT2D eigenvalue weighted by atomic mass is 10.2. The highest BCUT2D eigenvalue weighted by Gasteiger charge is 2.09. The molecule has 1 aromatic carbocycles. The minimum absolute atomic E-state index is 0.0755. The van der Waals surface area contributed by atoms with E-state index < -0.39 is 0 Å². The van der Waals surface area contributed by atoms with Gasteiger partial charge in [0.1, 0.15) is 17.9 Å². The molecule has 2 aromatic rings. The molecule has 0 spiro atoms. The van der Waals surface area contributed by atoms with Gasteiger partial charge >= 0.3 is 0 Å². The number of rotatable bonds is 3. The molecule has 0 bridgehead atoms. The molecule has 1 heterocycles. The Morgan fingerprint density at radius 1 is 1.35 bits per heavy atom. The highest BCUT2D eigenvalue weighted by Crippen LogP contribution is 2.25. The maximum atomic E-state index is 13.4. The monoisotopic (exact) mass is 233 g/mol. The van der Waals surface area contributed by atoms with Gasteiger partial charge in [-0.15, -0.1) is 0 Å². The van der Waals surface area contributed by atoms with Gasteiger partial charge in [0.25, 0.3) is 0 Å². The zero-order chi connectivity index (χ0) is 12.3. The molecule has 0 fully saturated rings. The summed E-state index contributed by atoms with van der Waals surface area (Å²) in [6.07, 6.45) is 1.39. The summed E-state index contributed by atoms with van der Waals surface area (Å²) < 4.78 is 18.9. The van der Waals surface area contributed by atoms with Crippen LogP contribution in [0.3, 0.4) is 0 Å². The summed E-state index contributed by atoms with van der Waals surface area (Å²) in [6, 6.07) is 6.24. The first-order valence-electron chi connectivity index (χ1n) is 5.14. The van der Waals surface area contributed by atoms with Crippen molar-refractivity contribution in [3.63, 3.8) is 0 Å². The van der Waals surface area contributed by atoms with Crippen LogP contribution in [-0.2, 0) is 6.54 Å². The zero-order valence-electron chi connectivity index (χ0n) is 9.35. The van der Waals surface area contributed by atoms with Crippen molar-refractivity contribution in [2.75, 3.05) is 0 Å². The molecule has 2 rings (SSSR count). The average molecular weight is 233 g/mol. The van der Waals surface area contributed by atoms with E-state index in [0.29, 0.717) is 17.2 Å². The van der Waals surface area contributed by atoms with Crippen molar-refractivity contribution in [2.24, 2.45) is 5.73 Å². The summed E-state index contributed by atoms with van der Waals surface area (Å²) in [7, 11) is 0. The Bertz CT molecular complexity index is 531. The lowest BCUT2D eigenvalue weighted by Gasteiger charge is -2.09. The molecule has 17 heavy (non-hydrogen) atoms. The van der Waals surface area contributed by atoms with E-state index in [1.54, 1.807) is 18.2 Å². The molecule has 0 radical (unpaired) electrons. The van der Waals surface area contributed by atoms with Gasteiger partial charge in [0.05, 0.1) is 0 Å². The van der Waals surface area contributed by atoms with Gasteiger partial charge < -0.3 is 10.5 Å². The average Bonchev–Trinajstić information content (AvgIpc) is 2.29. The smallest absolute Gasteiger partial charge is 0.222 e. The van der Waals surface area contributed by atoms with Crippen LogP contribution in [0.4, 0.5) is 4.39 Å². The highest BCUT2D eigenvalue weighted by molar-refractivity contribution is 5.37. The lowest BCUT2D eigenvalue weighted by molar-refractivity contribution is 0.448. The number of hydrogen-bond donors (Lipinski definition) is 1. The standard InChI is InChI=1S/C12H12FN3O/c1-8-5-12(16-7-15-8)17-11-4-2-3-10(13)9(11)6-14/h2-5,7H,6,14H2,1H3. The number of ether oxygens (including phenoxy) is 1. The topological polar surface area (TPSA) is 61.0 Å². The third kappa shape index (κ3) is 2.57. The SMILES string of the molecule is Cc1cc(Oc2cccc(F)c2CN)ncn1. The van der Waals surface area contributed by atoms with Gasteiger partial charge in [-0.25, -0.2) is 14.4 Å². The quantitative estimate of drug-likeness (QED) is 0.882. The summed E-state index contributed by atoms with van der Waals surface area (Å²) >= 11 is 0. The molecule has 0 unspecified atom stereocenters. The van der Waals surface area contributed by atoms with E-state index in [1.807, 2.05) is 6.92 Å². The van der Waals surface area contributed by atoms with Crippen LogP contribution in [0, 0.1) is 12.7 Å². The van der Waals surface area contributed by atoms with E-state index in [9.17, 15) is 4.39 Å². The minimum Gasteiger partial charge on any atom is -0.438 e. The van der Waals surface area contributed by atoms with Crippen molar-refractivity contribution in [3.8, 4) is 11.6 Å². The Labute approximate surface area is 98.3 Å². The first kappa shape index (κ1) is 11.5. The third-order valence-electron chi connectivity index (χ3n) is 2.27.